The van der Waals surface area contributed by atoms with Crippen LogP contribution in [0.15, 0.2) is 30.3 Å². The van der Waals surface area contributed by atoms with Gasteiger partial charge >= 0.3 is 6.03 Å². The van der Waals surface area contributed by atoms with E-state index < -0.39 is 5.60 Å². The molecule has 2 atom stereocenters. The number of aryl methyl sites for hydroxylation is 1. The molecular formula is C17H23FN4O2. The van der Waals surface area contributed by atoms with Crippen LogP contribution in [0.4, 0.5) is 9.18 Å². The third-order valence-corrected chi connectivity index (χ3v) is 3.71. The molecule has 2 rings (SSSR count). The van der Waals surface area contributed by atoms with Crippen molar-refractivity contribution in [3.63, 3.8) is 0 Å². The van der Waals surface area contributed by atoms with Gasteiger partial charge in [0.15, 0.2) is 0 Å². The van der Waals surface area contributed by atoms with E-state index in [1.54, 1.807) is 6.92 Å². The molecule has 0 aliphatic rings. The Morgan fingerprint density at radius 1 is 1.42 bits per heavy atom. The molecule has 0 aliphatic carbocycles. The summed E-state index contributed by atoms with van der Waals surface area (Å²) in [6.07, 6.45) is 0.603. The average molecular weight is 334 g/mol. The van der Waals surface area contributed by atoms with Crippen LogP contribution in [0.5, 0.6) is 0 Å². The highest BCUT2D eigenvalue weighted by molar-refractivity contribution is 5.74. The fourth-order valence-electron chi connectivity index (χ4n) is 2.38. The molecule has 7 heteroatoms. The van der Waals surface area contributed by atoms with Gasteiger partial charge in [-0.15, -0.1) is 0 Å². The Bertz CT molecular complexity index is 682. The zero-order valence-electron chi connectivity index (χ0n) is 14.1. The summed E-state index contributed by atoms with van der Waals surface area (Å²) in [7, 11) is 0. The van der Waals surface area contributed by atoms with Crippen molar-refractivity contribution in [2.75, 3.05) is 6.54 Å². The predicted octanol–water partition coefficient (Wildman–Crippen LogP) is 2.00. The van der Waals surface area contributed by atoms with Crippen LogP contribution < -0.4 is 10.6 Å². The second kappa shape index (κ2) is 7.44. The molecule has 0 fully saturated rings. The molecule has 1 aromatic heterocycles. The lowest BCUT2D eigenvalue weighted by molar-refractivity contribution is 0.0592. The van der Waals surface area contributed by atoms with Crippen LogP contribution in [-0.4, -0.2) is 33.9 Å². The van der Waals surface area contributed by atoms with Crippen LogP contribution >= 0.6 is 0 Å². The molecule has 1 heterocycles. The highest BCUT2D eigenvalue weighted by Crippen LogP contribution is 2.19. The van der Waals surface area contributed by atoms with E-state index in [0.29, 0.717) is 12.0 Å². The number of amides is 2. The highest BCUT2D eigenvalue weighted by Gasteiger charge is 2.24. The second-order valence-corrected chi connectivity index (χ2v) is 6.26. The quantitative estimate of drug-likeness (QED) is 0.651. The maximum absolute atomic E-state index is 12.9. The number of nitrogens with one attached hydrogen (secondary N) is 3. The average Bonchev–Trinajstić information content (AvgIpc) is 2.90. The molecule has 0 bridgehead atoms. The first kappa shape index (κ1) is 17.9. The summed E-state index contributed by atoms with van der Waals surface area (Å²) in [4.78, 5) is 12.0. The summed E-state index contributed by atoms with van der Waals surface area (Å²) in [6.45, 7) is 5.37. The molecular weight excluding hydrogens is 311 g/mol. The SMILES string of the molecule is Cc1cc(CC(C)NC(=O)NCC(C)(O)c2ccc(F)cc2)n[nH]1. The maximum atomic E-state index is 12.9. The standard InChI is InChI=1S/C17H23FN4O2/c1-11(8-15-9-12(2)21-22-15)20-16(23)19-10-17(3,24)13-4-6-14(18)7-5-13/h4-7,9,11,24H,8,10H2,1-3H3,(H,21,22)(H2,19,20,23). The van der Waals surface area contributed by atoms with Crippen molar-refractivity contribution in [1.82, 2.24) is 20.8 Å². The van der Waals surface area contributed by atoms with Crippen LogP contribution in [0, 0.1) is 12.7 Å². The largest absolute Gasteiger partial charge is 0.384 e. The van der Waals surface area contributed by atoms with Crippen molar-refractivity contribution < 1.29 is 14.3 Å². The summed E-state index contributed by atoms with van der Waals surface area (Å²) < 4.78 is 12.9. The Morgan fingerprint density at radius 2 is 2.08 bits per heavy atom. The van der Waals surface area contributed by atoms with E-state index >= 15 is 0 Å². The molecule has 2 unspecified atom stereocenters. The monoisotopic (exact) mass is 334 g/mol. The van der Waals surface area contributed by atoms with Crippen molar-refractivity contribution in [3.05, 3.63) is 53.1 Å². The van der Waals surface area contributed by atoms with Crippen molar-refractivity contribution in [2.24, 2.45) is 0 Å². The van der Waals surface area contributed by atoms with Crippen LogP contribution in [0.2, 0.25) is 0 Å². The van der Waals surface area contributed by atoms with Crippen molar-refractivity contribution >= 4 is 6.03 Å². The molecule has 0 aliphatic heterocycles. The number of aliphatic hydroxyl groups is 1. The van der Waals surface area contributed by atoms with E-state index in [1.165, 1.54) is 24.3 Å². The van der Waals surface area contributed by atoms with Gasteiger partial charge in [-0.25, -0.2) is 9.18 Å². The van der Waals surface area contributed by atoms with Gasteiger partial charge in [0.25, 0.3) is 0 Å². The molecule has 1 aromatic carbocycles. The van der Waals surface area contributed by atoms with E-state index in [0.717, 1.165) is 11.4 Å². The number of hydrogen-bond donors (Lipinski definition) is 4. The molecule has 0 spiro atoms. The first-order chi connectivity index (χ1) is 11.3. The lowest BCUT2D eigenvalue weighted by Crippen LogP contribution is -2.46. The lowest BCUT2D eigenvalue weighted by atomic mass is 9.96. The van der Waals surface area contributed by atoms with Crippen LogP contribution in [0.25, 0.3) is 0 Å². The van der Waals surface area contributed by atoms with E-state index in [-0.39, 0.29) is 24.4 Å². The van der Waals surface area contributed by atoms with Gasteiger partial charge in [0.2, 0.25) is 0 Å². The fraction of sp³-hybridized carbons (Fsp3) is 0.412. The number of nitrogens with zero attached hydrogens (tertiary/aromatic N) is 1. The number of carbonyl (C=O) groups excluding carboxylic acids is 1. The van der Waals surface area contributed by atoms with Gasteiger partial charge < -0.3 is 15.7 Å². The van der Waals surface area contributed by atoms with Crippen molar-refractivity contribution in [1.29, 1.82) is 0 Å². The topological polar surface area (TPSA) is 90.0 Å². The zero-order valence-corrected chi connectivity index (χ0v) is 14.1. The molecule has 4 N–H and O–H groups in total. The summed E-state index contributed by atoms with van der Waals surface area (Å²) in [5, 5.41) is 22.8. The van der Waals surface area contributed by atoms with Crippen molar-refractivity contribution in [2.45, 2.75) is 38.8 Å². The fourth-order valence-corrected chi connectivity index (χ4v) is 2.38. The van der Waals surface area contributed by atoms with E-state index in [4.69, 9.17) is 0 Å². The minimum absolute atomic E-state index is 0.0126. The number of aromatic amines is 1. The molecule has 2 amide bonds. The minimum Gasteiger partial charge on any atom is -0.384 e. The van der Waals surface area contributed by atoms with Gasteiger partial charge in [0.1, 0.15) is 11.4 Å². The number of rotatable bonds is 6. The lowest BCUT2D eigenvalue weighted by Gasteiger charge is -2.25. The molecule has 2 aromatic rings. The molecule has 24 heavy (non-hydrogen) atoms. The normalized spacial score (nSPS) is 14.7. The van der Waals surface area contributed by atoms with Crippen LogP contribution in [0.3, 0.4) is 0 Å². The van der Waals surface area contributed by atoms with E-state index in [1.807, 2.05) is 19.9 Å². The number of aromatic nitrogens is 2. The Labute approximate surface area is 140 Å². The van der Waals surface area contributed by atoms with Gasteiger partial charge in [-0.1, -0.05) is 12.1 Å². The number of halogens is 1. The molecule has 6 nitrogen and oxygen atoms in total. The number of urea groups is 1. The Morgan fingerprint density at radius 3 is 2.67 bits per heavy atom. The van der Waals surface area contributed by atoms with E-state index in [2.05, 4.69) is 20.8 Å². The van der Waals surface area contributed by atoms with Gasteiger partial charge in [-0.2, -0.15) is 5.10 Å². The number of H-pyrrole nitrogens is 1. The van der Waals surface area contributed by atoms with E-state index in [9.17, 15) is 14.3 Å². The second-order valence-electron chi connectivity index (χ2n) is 6.26. The number of hydrogen-bond acceptors (Lipinski definition) is 3. The zero-order chi connectivity index (χ0) is 17.7. The molecule has 0 saturated heterocycles. The Kier molecular flexibility index (Phi) is 5.56. The summed E-state index contributed by atoms with van der Waals surface area (Å²) in [5.41, 5.74) is 1.09. The Hall–Kier alpha value is -2.41. The van der Waals surface area contributed by atoms with Gasteiger partial charge in [0.05, 0.1) is 12.2 Å². The van der Waals surface area contributed by atoms with Gasteiger partial charge in [-0.3, -0.25) is 5.10 Å². The molecule has 0 saturated carbocycles. The van der Waals surface area contributed by atoms with Crippen LogP contribution in [-0.2, 0) is 12.0 Å². The summed E-state index contributed by atoms with van der Waals surface area (Å²) in [6, 6.07) is 6.99. The highest BCUT2D eigenvalue weighted by atomic mass is 19.1. The number of benzene rings is 1. The third kappa shape index (κ3) is 5.06. The minimum atomic E-state index is -1.28. The third-order valence-electron chi connectivity index (χ3n) is 3.71. The van der Waals surface area contributed by atoms with Crippen LogP contribution in [0.1, 0.15) is 30.8 Å². The Balaban J connectivity index is 1.82. The molecule has 0 radical (unpaired) electrons. The summed E-state index contributed by atoms with van der Waals surface area (Å²) >= 11 is 0. The predicted molar refractivity (Wildman–Crippen MR) is 89.0 cm³/mol. The first-order valence-electron chi connectivity index (χ1n) is 7.80. The maximum Gasteiger partial charge on any atom is 0.315 e. The number of carbonyl (C=O) groups is 1. The first-order valence-corrected chi connectivity index (χ1v) is 7.80. The molecule has 130 valence electrons. The van der Waals surface area contributed by atoms with Gasteiger partial charge in [-0.05, 0) is 44.5 Å². The summed E-state index contributed by atoms with van der Waals surface area (Å²) in [5.74, 6) is -0.373. The smallest absolute Gasteiger partial charge is 0.315 e. The van der Waals surface area contributed by atoms with Gasteiger partial charge in [0, 0.05) is 18.2 Å². The van der Waals surface area contributed by atoms with Crippen molar-refractivity contribution in [3.8, 4) is 0 Å².